The van der Waals surface area contributed by atoms with Gasteiger partial charge in [0.2, 0.25) is 16.0 Å². The molecule has 1 heterocycles. The number of aromatic nitrogens is 2. The van der Waals surface area contributed by atoms with Crippen molar-refractivity contribution in [3.63, 3.8) is 0 Å². The Labute approximate surface area is 265 Å². The smallest absolute Gasteiger partial charge is 0.239 e. The first kappa shape index (κ1) is 32.5. The molecule has 5 aromatic rings. The zero-order valence-corrected chi connectivity index (χ0v) is 28.0. The van der Waals surface area contributed by atoms with Crippen LogP contribution in [0.4, 0.5) is 10.3 Å². The highest BCUT2D eigenvalue weighted by atomic mass is 79.9. The summed E-state index contributed by atoms with van der Waals surface area (Å²) in [5.41, 5.74) is 2.99. The van der Waals surface area contributed by atoms with Gasteiger partial charge >= 0.3 is 0 Å². The van der Waals surface area contributed by atoms with E-state index in [9.17, 15) is 12.8 Å². The second-order valence-corrected chi connectivity index (χ2v) is 16.1. The summed E-state index contributed by atoms with van der Waals surface area (Å²) in [7, 11) is -4.53. The molecular formula is C34H35BrFN3O2PS+. The fourth-order valence-electron chi connectivity index (χ4n) is 5.26. The monoisotopic (exact) mass is 678 g/mol. The predicted octanol–water partition coefficient (Wildman–Crippen LogP) is 6.87. The van der Waals surface area contributed by atoms with E-state index in [-0.39, 0.29) is 34.7 Å². The van der Waals surface area contributed by atoms with E-state index in [0.29, 0.717) is 17.4 Å². The maximum Gasteiger partial charge on any atom is 0.239 e. The largest absolute Gasteiger partial charge is 0.241 e. The number of benzene rings is 4. The molecule has 9 heteroatoms. The molecule has 222 valence electrons. The minimum atomic E-state index is -3.63. The van der Waals surface area contributed by atoms with Crippen molar-refractivity contribution in [2.24, 2.45) is 0 Å². The third-order valence-electron chi connectivity index (χ3n) is 7.46. The minimum Gasteiger partial charge on any atom is -0.241 e. The summed E-state index contributed by atoms with van der Waals surface area (Å²) in [5.74, 6) is -0.308. The van der Waals surface area contributed by atoms with Gasteiger partial charge in [0, 0.05) is 18.2 Å². The molecule has 0 fully saturated rings. The Bertz CT molecular complexity index is 1680. The van der Waals surface area contributed by atoms with Crippen molar-refractivity contribution in [3.05, 3.63) is 132 Å². The lowest BCUT2D eigenvalue weighted by Crippen LogP contribution is -2.33. The fraction of sp³-hybridized carbons (Fsp3) is 0.176. The molecule has 0 atom stereocenters. The van der Waals surface area contributed by atoms with Crippen molar-refractivity contribution >= 4 is 56.1 Å². The van der Waals surface area contributed by atoms with Crippen LogP contribution in [0.5, 0.6) is 0 Å². The Hall–Kier alpha value is -3.45. The summed E-state index contributed by atoms with van der Waals surface area (Å²) < 4.78 is 40.3. The molecule has 43 heavy (non-hydrogen) atoms. The fourth-order valence-corrected chi connectivity index (χ4v) is 9.91. The molecule has 4 aromatic carbocycles. The second-order valence-electron chi connectivity index (χ2n) is 10.6. The summed E-state index contributed by atoms with van der Waals surface area (Å²) in [6.45, 7) is 4.11. The lowest BCUT2D eigenvalue weighted by atomic mass is 9.99. The van der Waals surface area contributed by atoms with Crippen molar-refractivity contribution in [2.75, 3.05) is 17.6 Å². The van der Waals surface area contributed by atoms with E-state index in [1.807, 2.05) is 18.2 Å². The molecule has 5 nitrogen and oxygen atoms in total. The molecule has 0 unspecified atom stereocenters. The van der Waals surface area contributed by atoms with Gasteiger partial charge in [0.1, 0.15) is 35.2 Å². The van der Waals surface area contributed by atoms with Crippen molar-refractivity contribution in [1.82, 2.24) is 9.97 Å². The molecule has 0 amide bonds. The standard InChI is InChI=1S/C34H34FN3O2PS.BrH/c1-25(2)32-31(33(26-20-22-27(35)23-21-26)37-34(36-32)38(3)42(4,39)40)24-41(28-14-8-5-9-15-28,29-16-10-6-11-17-29)30-18-12-7-13-19-30;/h5-23,25H,24H2,1-4H3;1H/q+1;. The number of hydrogen-bond acceptors (Lipinski definition) is 4. The second kappa shape index (κ2) is 13.5. The number of rotatable bonds is 9. The van der Waals surface area contributed by atoms with Crippen molar-refractivity contribution in [3.8, 4) is 11.3 Å². The summed E-state index contributed by atoms with van der Waals surface area (Å²) in [5, 5.41) is 3.62. The molecule has 0 N–H and O–H groups in total. The normalized spacial score (nSPS) is 11.7. The van der Waals surface area contributed by atoms with Crippen LogP contribution in [0.2, 0.25) is 0 Å². The molecule has 0 saturated heterocycles. The summed E-state index contributed by atoms with van der Waals surface area (Å²) >= 11 is 0. The van der Waals surface area contributed by atoms with Crippen LogP contribution in [0.25, 0.3) is 11.3 Å². The maximum atomic E-state index is 14.1. The third-order valence-corrected chi connectivity index (χ3v) is 12.9. The summed E-state index contributed by atoms with van der Waals surface area (Å²) in [4.78, 5) is 9.77. The van der Waals surface area contributed by atoms with Crippen LogP contribution in [0, 0.1) is 5.82 Å². The molecule has 0 bridgehead atoms. The molecule has 0 aliphatic rings. The van der Waals surface area contributed by atoms with Crippen molar-refractivity contribution in [2.45, 2.75) is 25.9 Å². The highest BCUT2D eigenvalue weighted by Gasteiger charge is 2.47. The first-order chi connectivity index (χ1) is 20.1. The SMILES string of the molecule is Br.CC(C)c1nc(N(C)S(C)(=O)=O)nc(-c2ccc(F)cc2)c1C[P+](c1ccccc1)(c1ccccc1)c1ccccc1. The van der Waals surface area contributed by atoms with Gasteiger partial charge in [-0.15, -0.1) is 17.0 Å². The van der Waals surface area contributed by atoms with Crippen molar-refractivity contribution in [1.29, 1.82) is 0 Å². The van der Waals surface area contributed by atoms with Gasteiger partial charge in [-0.05, 0) is 66.6 Å². The molecule has 0 spiro atoms. The molecule has 1 aromatic heterocycles. The van der Waals surface area contributed by atoms with Gasteiger partial charge in [-0.2, -0.15) is 0 Å². The van der Waals surface area contributed by atoms with E-state index >= 15 is 0 Å². The van der Waals surface area contributed by atoms with E-state index < -0.39 is 17.3 Å². The first-order valence-electron chi connectivity index (χ1n) is 13.8. The van der Waals surface area contributed by atoms with E-state index in [2.05, 4.69) is 86.6 Å². The Kier molecular flexibility index (Phi) is 10.2. The van der Waals surface area contributed by atoms with Crippen LogP contribution < -0.4 is 20.2 Å². The Balaban J connectivity index is 0.00000423. The summed E-state index contributed by atoms with van der Waals surface area (Å²) in [6.07, 6.45) is 1.72. The molecule has 0 aliphatic carbocycles. The minimum absolute atomic E-state index is 0. The number of hydrogen-bond donors (Lipinski definition) is 0. The Morgan fingerprint density at radius 1 is 0.744 bits per heavy atom. The number of halogens is 2. The van der Waals surface area contributed by atoms with Gasteiger partial charge in [0.25, 0.3) is 0 Å². The van der Waals surface area contributed by atoms with Gasteiger partial charge in [-0.1, -0.05) is 68.4 Å². The number of sulfonamides is 1. The van der Waals surface area contributed by atoms with Crippen LogP contribution in [0.1, 0.15) is 31.0 Å². The zero-order chi connectivity index (χ0) is 29.9. The van der Waals surface area contributed by atoms with Crippen molar-refractivity contribution < 1.29 is 12.8 Å². The maximum absolute atomic E-state index is 14.1. The van der Waals surface area contributed by atoms with E-state index in [4.69, 9.17) is 9.97 Å². The van der Waals surface area contributed by atoms with Gasteiger partial charge in [0.05, 0.1) is 17.6 Å². The van der Waals surface area contributed by atoms with Crippen LogP contribution >= 0.6 is 24.2 Å². The lowest BCUT2D eigenvalue weighted by molar-refractivity contribution is 0.599. The average Bonchev–Trinajstić information content (AvgIpc) is 3.00. The average molecular weight is 680 g/mol. The Morgan fingerprint density at radius 3 is 1.58 bits per heavy atom. The van der Waals surface area contributed by atoms with Crippen LogP contribution in [-0.2, 0) is 16.2 Å². The predicted molar refractivity (Wildman–Crippen MR) is 184 cm³/mol. The zero-order valence-electron chi connectivity index (χ0n) is 24.6. The lowest BCUT2D eigenvalue weighted by Gasteiger charge is -2.30. The van der Waals surface area contributed by atoms with Crippen LogP contribution in [0.3, 0.4) is 0 Å². The first-order valence-corrected chi connectivity index (χ1v) is 17.6. The van der Waals surface area contributed by atoms with E-state index in [1.54, 1.807) is 12.1 Å². The van der Waals surface area contributed by atoms with Gasteiger partial charge in [0.15, 0.2) is 0 Å². The highest BCUT2D eigenvalue weighted by Crippen LogP contribution is 2.59. The Morgan fingerprint density at radius 2 is 1.19 bits per heavy atom. The van der Waals surface area contributed by atoms with Gasteiger partial charge < -0.3 is 0 Å². The molecule has 5 rings (SSSR count). The molecular weight excluding hydrogens is 644 g/mol. The number of nitrogens with zero attached hydrogens (tertiary/aromatic N) is 3. The third kappa shape index (κ3) is 6.72. The van der Waals surface area contributed by atoms with Crippen LogP contribution in [-0.4, -0.2) is 31.7 Å². The number of anilines is 1. The van der Waals surface area contributed by atoms with E-state index in [0.717, 1.165) is 21.8 Å². The molecule has 0 radical (unpaired) electrons. The van der Waals surface area contributed by atoms with E-state index in [1.165, 1.54) is 35.1 Å². The van der Waals surface area contributed by atoms with Gasteiger partial charge in [-0.25, -0.2) is 27.1 Å². The van der Waals surface area contributed by atoms with Crippen LogP contribution in [0.15, 0.2) is 115 Å². The molecule has 0 aliphatic heterocycles. The highest BCUT2D eigenvalue weighted by molar-refractivity contribution is 8.93. The molecule has 0 saturated carbocycles. The van der Waals surface area contributed by atoms with Gasteiger partial charge in [-0.3, -0.25) is 0 Å². The topological polar surface area (TPSA) is 63.2 Å². The summed E-state index contributed by atoms with van der Waals surface area (Å²) in [6, 6.07) is 37.8. The quantitative estimate of drug-likeness (QED) is 0.160.